The van der Waals surface area contributed by atoms with Gasteiger partial charge in [-0.3, -0.25) is 15.3 Å². The van der Waals surface area contributed by atoms with Crippen LogP contribution in [-0.2, 0) is 15.1 Å². The number of oxazole rings is 1. The Balaban J connectivity index is 1.27. The first kappa shape index (κ1) is 25.4. The Morgan fingerprint density at radius 2 is 1.90 bits per heavy atom. The summed E-state index contributed by atoms with van der Waals surface area (Å²) in [6.07, 6.45) is 2.43. The van der Waals surface area contributed by atoms with E-state index in [9.17, 15) is 22.8 Å². The van der Waals surface area contributed by atoms with Crippen LogP contribution in [0.25, 0.3) is 0 Å². The molecule has 0 radical (unpaired) electrons. The van der Waals surface area contributed by atoms with Gasteiger partial charge in [0.05, 0.1) is 23.8 Å². The zero-order chi connectivity index (χ0) is 27.7. The lowest BCUT2D eigenvalue weighted by Crippen LogP contribution is -2.61. The molecule has 2 atom stereocenters. The summed E-state index contributed by atoms with van der Waals surface area (Å²) in [7, 11) is 0. The second kappa shape index (κ2) is 8.84. The molecule has 3 aliphatic carbocycles. The third kappa shape index (κ3) is 4.76. The average molecular weight is 542 g/mol. The highest BCUT2D eigenvalue weighted by Gasteiger charge is 2.46. The summed E-state index contributed by atoms with van der Waals surface area (Å²) in [4.78, 5) is 35.3. The van der Waals surface area contributed by atoms with Crippen molar-refractivity contribution in [3.63, 3.8) is 0 Å². The summed E-state index contributed by atoms with van der Waals surface area (Å²) in [5.41, 5.74) is 3.96. The van der Waals surface area contributed by atoms with Crippen LogP contribution in [0.5, 0.6) is 0 Å². The molecule has 2 fully saturated rings. The number of aromatic nitrogens is 1. The topological polar surface area (TPSA) is 123 Å². The molecule has 3 heterocycles. The highest BCUT2D eigenvalue weighted by molar-refractivity contribution is 6.01. The first-order valence-corrected chi connectivity index (χ1v) is 12.8. The summed E-state index contributed by atoms with van der Waals surface area (Å²) in [5.74, 6) is 4.17. The Morgan fingerprint density at radius 1 is 1.21 bits per heavy atom. The Labute approximate surface area is 222 Å². The maximum Gasteiger partial charge on any atom is 0.433 e. The second-order valence-corrected chi connectivity index (χ2v) is 10.7. The van der Waals surface area contributed by atoms with Crippen LogP contribution in [0.3, 0.4) is 0 Å². The molecule has 2 aliphatic heterocycles. The van der Waals surface area contributed by atoms with Gasteiger partial charge in [0.2, 0.25) is 17.3 Å². The van der Waals surface area contributed by atoms with Crippen molar-refractivity contribution in [2.45, 2.75) is 56.5 Å². The number of fused-ring (bicyclic) bond motifs is 1. The molecule has 0 bridgehead atoms. The van der Waals surface area contributed by atoms with Gasteiger partial charge in [0.15, 0.2) is 11.5 Å². The number of dihydropyridines is 1. The van der Waals surface area contributed by atoms with Gasteiger partial charge in [-0.1, -0.05) is 24.0 Å². The summed E-state index contributed by atoms with van der Waals surface area (Å²) in [5, 5.41) is 2.94. The molecule has 1 aromatic rings. The number of ether oxygens (including phenoxy) is 1. The van der Waals surface area contributed by atoms with Crippen molar-refractivity contribution in [3.05, 3.63) is 53.1 Å². The molecule has 2 unspecified atom stereocenters. The number of likely N-dealkylation sites (tertiary alicyclic amines) is 1. The minimum atomic E-state index is -4.63. The minimum Gasteiger partial charge on any atom is -0.489 e. The summed E-state index contributed by atoms with van der Waals surface area (Å²) in [6.45, 7) is 4.18. The molecular weight excluding hydrogens is 515 g/mol. The standard InChI is InChI=1S/C27H26F3N5O4/c1-13(2)38-18-7-5-17(16-6-8-19(27(28,29)30)33-20(16)18)24-34-21(22(39-24)26(31)9-10-26)25(37)35-11-15(12-35)32-23(36)14-3-4-14/h5-8,13-17H,3-4,11-12,31H2,1-2H3,(H,32,36). The Hall–Kier alpha value is -3.85. The van der Waals surface area contributed by atoms with Crippen LogP contribution >= 0.6 is 0 Å². The van der Waals surface area contributed by atoms with Crippen molar-refractivity contribution in [1.29, 1.82) is 0 Å². The van der Waals surface area contributed by atoms with Crippen molar-refractivity contribution < 1.29 is 31.9 Å². The van der Waals surface area contributed by atoms with Gasteiger partial charge in [-0.2, -0.15) is 13.2 Å². The van der Waals surface area contributed by atoms with Gasteiger partial charge in [0.1, 0.15) is 11.5 Å². The molecule has 39 heavy (non-hydrogen) atoms. The number of allylic oxidation sites excluding steroid dienone is 4. The van der Waals surface area contributed by atoms with Gasteiger partial charge in [0.25, 0.3) is 5.91 Å². The Kier molecular flexibility index (Phi) is 5.77. The zero-order valence-electron chi connectivity index (χ0n) is 21.2. The maximum atomic E-state index is 13.5. The van der Waals surface area contributed by atoms with E-state index in [2.05, 4.69) is 27.1 Å². The molecule has 6 rings (SSSR count). The van der Waals surface area contributed by atoms with Gasteiger partial charge < -0.3 is 19.4 Å². The van der Waals surface area contributed by atoms with E-state index in [1.54, 1.807) is 26.0 Å². The molecule has 9 nitrogen and oxygen atoms in total. The third-order valence-electron chi connectivity index (χ3n) is 7.11. The predicted octanol–water partition coefficient (Wildman–Crippen LogP) is 2.68. The number of carbonyl (C=O) groups is 2. The van der Waals surface area contributed by atoms with Crippen LogP contribution in [0.15, 0.2) is 45.2 Å². The fourth-order valence-electron chi connectivity index (χ4n) is 4.80. The summed E-state index contributed by atoms with van der Waals surface area (Å²) in [6, 6.07) is -0.137. The van der Waals surface area contributed by atoms with E-state index in [0.717, 1.165) is 18.9 Å². The minimum absolute atomic E-state index is 0.00874. The first-order chi connectivity index (χ1) is 18.4. The third-order valence-corrected chi connectivity index (χ3v) is 7.11. The predicted molar refractivity (Wildman–Crippen MR) is 132 cm³/mol. The van der Waals surface area contributed by atoms with Gasteiger partial charge in [-0.05, 0) is 38.8 Å². The molecule has 0 spiro atoms. The van der Waals surface area contributed by atoms with Gasteiger partial charge in [-0.25, -0.2) is 9.98 Å². The largest absolute Gasteiger partial charge is 0.489 e. The zero-order valence-corrected chi connectivity index (χ0v) is 21.2. The number of hydrogen-bond acceptors (Lipinski definition) is 7. The lowest BCUT2D eigenvalue weighted by molar-refractivity contribution is -0.123. The fraction of sp³-hybridized carbons (Fsp3) is 0.481. The van der Waals surface area contributed by atoms with Crippen LogP contribution in [0.4, 0.5) is 13.2 Å². The monoisotopic (exact) mass is 541 g/mol. The lowest BCUT2D eigenvalue weighted by Gasteiger charge is -2.39. The number of amides is 2. The number of carbonyl (C=O) groups excluding carboxylic acids is 2. The SMILES string of the molecule is CC(C)OC1=C2N=C(C(F)(F)F)C=CC2C(c2nc(C(=O)N3CC(NC(=O)C4CC4)C3)c(C3(N)C#C3)o2)C=C1. The first-order valence-electron chi connectivity index (χ1n) is 12.8. The molecule has 5 aliphatic rings. The van der Waals surface area contributed by atoms with Gasteiger partial charge in [-0.15, -0.1) is 0 Å². The van der Waals surface area contributed by atoms with Crippen LogP contribution in [0.1, 0.15) is 54.7 Å². The van der Waals surface area contributed by atoms with E-state index in [0.29, 0.717) is 13.1 Å². The van der Waals surface area contributed by atoms with Crippen LogP contribution in [-0.4, -0.2) is 58.8 Å². The number of nitrogens with zero attached hydrogens (tertiary/aromatic N) is 3. The number of nitrogens with two attached hydrogens (primary N) is 1. The van der Waals surface area contributed by atoms with E-state index in [4.69, 9.17) is 14.9 Å². The second-order valence-electron chi connectivity index (χ2n) is 10.7. The van der Waals surface area contributed by atoms with Crippen LogP contribution in [0, 0.1) is 23.7 Å². The van der Waals surface area contributed by atoms with E-state index < -0.39 is 35.2 Å². The number of alkyl halides is 3. The molecule has 1 saturated heterocycles. The molecule has 0 aromatic carbocycles. The number of aliphatic imine (C=N–C) groups is 1. The van der Waals surface area contributed by atoms with Crippen LogP contribution < -0.4 is 11.1 Å². The number of rotatable bonds is 7. The maximum absolute atomic E-state index is 13.5. The highest BCUT2D eigenvalue weighted by Crippen LogP contribution is 2.43. The fourth-order valence-corrected chi connectivity index (χ4v) is 4.80. The van der Waals surface area contributed by atoms with Crippen molar-refractivity contribution in [2.24, 2.45) is 22.6 Å². The smallest absolute Gasteiger partial charge is 0.433 e. The van der Waals surface area contributed by atoms with Crippen molar-refractivity contribution in [2.75, 3.05) is 13.1 Å². The normalized spacial score (nSPS) is 25.0. The summed E-state index contributed by atoms with van der Waals surface area (Å²) >= 11 is 0. The van der Waals surface area contributed by atoms with E-state index in [-0.39, 0.29) is 52.8 Å². The highest BCUT2D eigenvalue weighted by atomic mass is 19.4. The molecular formula is C27H26F3N5O4. The van der Waals surface area contributed by atoms with Crippen molar-refractivity contribution >= 4 is 17.5 Å². The quantitative estimate of drug-likeness (QED) is 0.512. The molecule has 204 valence electrons. The number of nitrogens with one attached hydrogen (secondary N) is 1. The average Bonchev–Trinajstić information content (AvgIpc) is 3.78. The van der Waals surface area contributed by atoms with Gasteiger partial charge in [0, 0.05) is 24.9 Å². The molecule has 3 N–H and O–H groups in total. The molecule has 1 aromatic heterocycles. The number of hydrogen-bond donors (Lipinski definition) is 2. The number of halogens is 3. The van der Waals surface area contributed by atoms with E-state index in [1.165, 1.54) is 11.0 Å². The van der Waals surface area contributed by atoms with E-state index in [1.807, 2.05) is 0 Å². The Morgan fingerprint density at radius 3 is 2.51 bits per heavy atom. The van der Waals surface area contributed by atoms with E-state index >= 15 is 0 Å². The Bertz CT molecular complexity index is 1420. The lowest BCUT2D eigenvalue weighted by atomic mass is 9.83. The summed E-state index contributed by atoms with van der Waals surface area (Å²) < 4.78 is 52.1. The van der Waals surface area contributed by atoms with Crippen molar-refractivity contribution in [1.82, 2.24) is 15.2 Å². The molecule has 2 amide bonds. The van der Waals surface area contributed by atoms with Crippen LogP contribution in [0.2, 0.25) is 0 Å². The molecule has 12 heteroatoms. The molecule has 1 saturated carbocycles. The van der Waals surface area contributed by atoms with Gasteiger partial charge >= 0.3 is 6.18 Å². The van der Waals surface area contributed by atoms with Crippen molar-refractivity contribution in [3.8, 4) is 11.8 Å².